The van der Waals surface area contributed by atoms with Gasteiger partial charge in [0, 0.05) is 18.8 Å². The van der Waals surface area contributed by atoms with Crippen LogP contribution in [0.1, 0.15) is 24.8 Å². The lowest BCUT2D eigenvalue weighted by Crippen LogP contribution is -2.35. The Balaban J connectivity index is 2.26. The van der Waals surface area contributed by atoms with Gasteiger partial charge < -0.3 is 5.32 Å². The molecule has 0 bridgehead atoms. The highest BCUT2D eigenvalue weighted by atomic mass is 32.2. The van der Waals surface area contributed by atoms with Gasteiger partial charge in [0.2, 0.25) is 15.9 Å². The van der Waals surface area contributed by atoms with Crippen molar-refractivity contribution in [3.05, 3.63) is 23.8 Å². The van der Waals surface area contributed by atoms with Gasteiger partial charge in [-0.1, -0.05) is 12.5 Å². The normalized spacial score (nSPS) is 16.5. The smallest absolute Gasteiger partial charge is 0.243 e. The average molecular weight is 342 g/mol. The van der Waals surface area contributed by atoms with Crippen molar-refractivity contribution in [2.75, 3.05) is 30.4 Å². The maximum Gasteiger partial charge on any atom is 0.243 e. The molecule has 5 nitrogen and oxygen atoms in total. The summed E-state index contributed by atoms with van der Waals surface area (Å²) in [6, 6.07) is 4.92. The van der Waals surface area contributed by atoms with Crippen molar-refractivity contribution in [2.24, 2.45) is 0 Å². The molecule has 1 aliphatic heterocycles. The van der Waals surface area contributed by atoms with Crippen LogP contribution in [0.3, 0.4) is 0 Å². The average Bonchev–Trinajstić information content (AvgIpc) is 2.50. The third-order valence-corrected chi connectivity index (χ3v) is 6.16. The van der Waals surface area contributed by atoms with E-state index in [0.717, 1.165) is 24.8 Å². The van der Waals surface area contributed by atoms with Crippen molar-refractivity contribution in [3.8, 4) is 0 Å². The summed E-state index contributed by atoms with van der Waals surface area (Å²) in [4.78, 5) is 12.0. The number of carbonyl (C=O) groups excluding carboxylic acids is 1. The Morgan fingerprint density at radius 1 is 1.27 bits per heavy atom. The number of nitrogens with one attached hydrogen (secondary N) is 1. The van der Waals surface area contributed by atoms with Gasteiger partial charge in [-0.3, -0.25) is 4.79 Å². The zero-order chi connectivity index (χ0) is 16.2. The van der Waals surface area contributed by atoms with Crippen molar-refractivity contribution in [1.82, 2.24) is 4.31 Å². The molecule has 0 aliphatic carbocycles. The molecule has 1 amide bonds. The molecule has 2 rings (SSSR count). The Kier molecular flexibility index (Phi) is 5.88. The second kappa shape index (κ2) is 7.48. The molecule has 1 N–H and O–H groups in total. The van der Waals surface area contributed by atoms with Crippen LogP contribution >= 0.6 is 11.8 Å². The molecule has 1 aromatic rings. The molecule has 22 heavy (non-hydrogen) atoms. The first-order chi connectivity index (χ1) is 10.4. The molecule has 0 saturated carbocycles. The van der Waals surface area contributed by atoms with Gasteiger partial charge in [0.1, 0.15) is 0 Å². The number of nitrogens with zero attached hydrogens (tertiary/aromatic N) is 1. The maximum absolute atomic E-state index is 12.7. The van der Waals surface area contributed by atoms with Crippen molar-refractivity contribution in [2.45, 2.75) is 31.1 Å². The summed E-state index contributed by atoms with van der Waals surface area (Å²) < 4.78 is 26.9. The predicted molar refractivity (Wildman–Crippen MR) is 90.8 cm³/mol. The molecule has 0 spiro atoms. The number of benzene rings is 1. The summed E-state index contributed by atoms with van der Waals surface area (Å²) >= 11 is 1.43. The van der Waals surface area contributed by atoms with Crippen LogP contribution in [0.15, 0.2) is 23.1 Å². The number of rotatable bonds is 5. The number of thioether (sulfide) groups is 1. The summed E-state index contributed by atoms with van der Waals surface area (Å²) in [6.45, 7) is 3.00. The number of piperidine rings is 1. The first-order valence-electron chi connectivity index (χ1n) is 7.35. The van der Waals surface area contributed by atoms with Gasteiger partial charge >= 0.3 is 0 Å². The van der Waals surface area contributed by atoms with Gasteiger partial charge in [0.25, 0.3) is 0 Å². The zero-order valence-electron chi connectivity index (χ0n) is 13.0. The van der Waals surface area contributed by atoms with Crippen LogP contribution in [0, 0.1) is 6.92 Å². The van der Waals surface area contributed by atoms with E-state index >= 15 is 0 Å². The van der Waals surface area contributed by atoms with Crippen LogP contribution in [0.2, 0.25) is 0 Å². The largest absolute Gasteiger partial charge is 0.325 e. The van der Waals surface area contributed by atoms with Crippen LogP contribution in [-0.4, -0.2) is 43.7 Å². The SMILES string of the molecule is CSCC(=O)Nc1cc(S(=O)(=O)N2CCCCC2)ccc1C. The minimum Gasteiger partial charge on any atom is -0.325 e. The topological polar surface area (TPSA) is 66.5 Å². The van der Waals surface area contributed by atoms with Gasteiger partial charge in [0.15, 0.2) is 0 Å². The second-order valence-electron chi connectivity index (χ2n) is 5.42. The summed E-state index contributed by atoms with van der Waals surface area (Å²) in [5.74, 6) is 0.228. The van der Waals surface area contributed by atoms with Crippen LogP contribution in [0.5, 0.6) is 0 Å². The number of carbonyl (C=O) groups is 1. The van der Waals surface area contributed by atoms with E-state index in [2.05, 4.69) is 5.32 Å². The summed E-state index contributed by atoms with van der Waals surface area (Å²) in [7, 11) is -3.47. The van der Waals surface area contributed by atoms with Gasteiger partial charge in [-0.05, 0) is 43.7 Å². The number of amides is 1. The van der Waals surface area contributed by atoms with Crippen LogP contribution in [0.4, 0.5) is 5.69 Å². The lowest BCUT2D eigenvalue weighted by Gasteiger charge is -2.26. The molecule has 1 saturated heterocycles. The fourth-order valence-corrected chi connectivity index (χ4v) is 4.35. The van der Waals surface area contributed by atoms with E-state index in [4.69, 9.17) is 0 Å². The van der Waals surface area contributed by atoms with E-state index in [1.165, 1.54) is 16.1 Å². The molecule has 0 unspecified atom stereocenters. The first-order valence-corrected chi connectivity index (χ1v) is 10.2. The fourth-order valence-electron chi connectivity index (χ4n) is 2.47. The van der Waals surface area contributed by atoms with E-state index in [1.54, 1.807) is 18.2 Å². The summed E-state index contributed by atoms with van der Waals surface area (Å²) in [5, 5.41) is 2.78. The number of aryl methyl sites for hydroxylation is 1. The second-order valence-corrected chi connectivity index (χ2v) is 8.23. The molecular weight excluding hydrogens is 320 g/mol. The highest BCUT2D eigenvalue weighted by Crippen LogP contribution is 2.25. The van der Waals surface area contributed by atoms with E-state index in [0.29, 0.717) is 24.5 Å². The van der Waals surface area contributed by atoms with E-state index in [9.17, 15) is 13.2 Å². The Morgan fingerprint density at radius 2 is 1.95 bits per heavy atom. The lowest BCUT2D eigenvalue weighted by atomic mass is 10.2. The number of anilines is 1. The number of hydrogen-bond donors (Lipinski definition) is 1. The third-order valence-electron chi connectivity index (χ3n) is 3.71. The molecule has 0 atom stereocenters. The molecule has 1 heterocycles. The van der Waals surface area contributed by atoms with Gasteiger partial charge in [-0.15, -0.1) is 0 Å². The fraction of sp³-hybridized carbons (Fsp3) is 0.533. The predicted octanol–water partition coefficient (Wildman–Crippen LogP) is 2.47. The molecule has 0 radical (unpaired) electrons. The van der Waals surface area contributed by atoms with Crippen LogP contribution in [0.25, 0.3) is 0 Å². The number of sulfonamides is 1. The van der Waals surface area contributed by atoms with E-state index < -0.39 is 10.0 Å². The molecule has 1 aliphatic rings. The standard InChI is InChI=1S/C15H22N2O3S2/c1-12-6-7-13(10-14(12)16-15(18)11-21-2)22(19,20)17-8-4-3-5-9-17/h6-7,10H,3-5,8-9,11H2,1-2H3,(H,16,18). The van der Waals surface area contributed by atoms with Crippen molar-refractivity contribution in [3.63, 3.8) is 0 Å². The number of hydrogen-bond acceptors (Lipinski definition) is 4. The van der Waals surface area contributed by atoms with E-state index in [1.807, 2.05) is 13.2 Å². The van der Waals surface area contributed by atoms with Crippen LogP contribution in [-0.2, 0) is 14.8 Å². The van der Waals surface area contributed by atoms with Crippen molar-refractivity contribution in [1.29, 1.82) is 0 Å². The highest BCUT2D eigenvalue weighted by Gasteiger charge is 2.26. The third kappa shape index (κ3) is 4.02. The Morgan fingerprint density at radius 3 is 2.59 bits per heavy atom. The molecule has 1 aromatic carbocycles. The van der Waals surface area contributed by atoms with Crippen molar-refractivity contribution < 1.29 is 13.2 Å². The summed E-state index contributed by atoms with van der Waals surface area (Å²) in [6.07, 6.45) is 4.74. The highest BCUT2D eigenvalue weighted by molar-refractivity contribution is 7.99. The molecular formula is C15H22N2O3S2. The van der Waals surface area contributed by atoms with Crippen molar-refractivity contribution >= 4 is 33.4 Å². The quantitative estimate of drug-likeness (QED) is 0.893. The molecule has 122 valence electrons. The van der Waals surface area contributed by atoms with Gasteiger partial charge in [0.05, 0.1) is 10.6 Å². The summed E-state index contributed by atoms with van der Waals surface area (Å²) in [5.41, 5.74) is 1.42. The lowest BCUT2D eigenvalue weighted by molar-refractivity contribution is -0.113. The minimum absolute atomic E-state index is 0.122. The molecule has 7 heteroatoms. The van der Waals surface area contributed by atoms with Gasteiger partial charge in [-0.2, -0.15) is 16.1 Å². The zero-order valence-corrected chi connectivity index (χ0v) is 14.6. The Labute approximate surface area is 136 Å². The first kappa shape index (κ1) is 17.3. The van der Waals surface area contributed by atoms with Gasteiger partial charge in [-0.25, -0.2) is 8.42 Å². The Hall–Kier alpha value is -1.05. The minimum atomic E-state index is -3.47. The van der Waals surface area contributed by atoms with E-state index in [-0.39, 0.29) is 10.8 Å². The molecule has 0 aromatic heterocycles. The maximum atomic E-state index is 12.7. The van der Waals surface area contributed by atoms with Crippen LogP contribution < -0.4 is 5.32 Å². The molecule has 1 fully saturated rings. The monoisotopic (exact) mass is 342 g/mol. The Bertz CT molecular complexity index is 638.